The monoisotopic (exact) mass is 337 g/mol. The molecule has 1 heterocycles. The van der Waals surface area contributed by atoms with Gasteiger partial charge in [-0.2, -0.15) is 0 Å². The maximum Gasteiger partial charge on any atom is 0.408 e. The van der Waals surface area contributed by atoms with Crippen molar-refractivity contribution in [2.24, 2.45) is 0 Å². The number of ether oxygens (including phenoxy) is 1. The second kappa shape index (κ2) is 7.07. The Balaban J connectivity index is 2.03. The van der Waals surface area contributed by atoms with E-state index in [2.05, 4.69) is 16.0 Å². The molecule has 2 amide bonds. The van der Waals surface area contributed by atoms with Gasteiger partial charge in [0.2, 0.25) is 5.91 Å². The lowest BCUT2D eigenvalue weighted by Gasteiger charge is -2.24. The molecule has 1 aliphatic heterocycles. The molecule has 0 spiro atoms. The molecule has 2 rings (SSSR count). The summed E-state index contributed by atoms with van der Waals surface area (Å²) in [6.07, 6.45) is 0.811. The summed E-state index contributed by atoms with van der Waals surface area (Å²) in [7, 11) is 0. The van der Waals surface area contributed by atoms with Crippen molar-refractivity contribution in [1.82, 2.24) is 5.32 Å². The quantitative estimate of drug-likeness (QED) is 0.792. The van der Waals surface area contributed by atoms with Crippen LogP contribution in [0.15, 0.2) is 12.1 Å². The fourth-order valence-electron chi connectivity index (χ4n) is 2.44. The van der Waals surface area contributed by atoms with Crippen LogP contribution in [0, 0.1) is 5.82 Å². The van der Waals surface area contributed by atoms with Crippen molar-refractivity contribution in [2.75, 3.05) is 17.2 Å². The van der Waals surface area contributed by atoms with Crippen molar-refractivity contribution in [2.45, 2.75) is 52.2 Å². The first-order valence-electron chi connectivity index (χ1n) is 8.03. The van der Waals surface area contributed by atoms with Gasteiger partial charge in [-0.15, -0.1) is 0 Å². The van der Waals surface area contributed by atoms with Crippen LogP contribution in [0.4, 0.5) is 20.6 Å². The lowest BCUT2D eigenvalue weighted by Crippen LogP contribution is -2.44. The summed E-state index contributed by atoms with van der Waals surface area (Å²) in [6.45, 7) is 7.52. The van der Waals surface area contributed by atoms with Crippen LogP contribution in [-0.2, 0) is 16.0 Å². The molecule has 1 aliphatic rings. The maximum atomic E-state index is 13.9. The van der Waals surface area contributed by atoms with Crippen LogP contribution in [-0.4, -0.2) is 30.2 Å². The third kappa shape index (κ3) is 4.59. The Morgan fingerprint density at radius 1 is 1.33 bits per heavy atom. The summed E-state index contributed by atoms with van der Waals surface area (Å²) >= 11 is 0. The van der Waals surface area contributed by atoms with Crippen LogP contribution in [0.1, 0.15) is 39.7 Å². The molecule has 0 radical (unpaired) electrons. The van der Waals surface area contributed by atoms with Crippen LogP contribution in [0.3, 0.4) is 0 Å². The lowest BCUT2D eigenvalue weighted by molar-refractivity contribution is -0.117. The molecule has 24 heavy (non-hydrogen) atoms. The van der Waals surface area contributed by atoms with Crippen LogP contribution in [0.5, 0.6) is 0 Å². The Labute approximate surface area is 141 Å². The normalized spacial score (nSPS) is 14.9. The molecule has 6 nitrogen and oxygen atoms in total. The molecular formula is C17H24FN3O3. The van der Waals surface area contributed by atoms with Crippen LogP contribution in [0.2, 0.25) is 0 Å². The Morgan fingerprint density at radius 2 is 2.04 bits per heavy atom. The van der Waals surface area contributed by atoms with Crippen LogP contribution >= 0.6 is 0 Å². The molecule has 0 aromatic heterocycles. The number of rotatable bonds is 3. The fourth-order valence-corrected chi connectivity index (χ4v) is 2.44. The number of fused-ring (bicyclic) bond motifs is 1. The maximum absolute atomic E-state index is 13.9. The SMILES string of the molecule is CC(NC(=O)OC(C)(C)C)C(=O)Nc1ccc(F)c2c1NCCC2. The van der Waals surface area contributed by atoms with Gasteiger partial charge in [0.15, 0.2) is 0 Å². The number of anilines is 2. The number of amides is 2. The van der Waals surface area contributed by atoms with Gasteiger partial charge in [0.05, 0.1) is 11.4 Å². The van der Waals surface area contributed by atoms with Crippen molar-refractivity contribution in [3.8, 4) is 0 Å². The first kappa shape index (κ1) is 18.0. The van der Waals surface area contributed by atoms with Crippen molar-refractivity contribution in [3.63, 3.8) is 0 Å². The molecule has 0 aliphatic carbocycles. The molecule has 7 heteroatoms. The Morgan fingerprint density at radius 3 is 2.71 bits per heavy atom. The number of hydrogen-bond donors (Lipinski definition) is 3. The van der Waals surface area contributed by atoms with E-state index in [0.717, 1.165) is 13.0 Å². The van der Waals surface area contributed by atoms with Gasteiger partial charge in [-0.3, -0.25) is 4.79 Å². The number of alkyl carbamates (subject to hydrolysis) is 1. The van der Waals surface area contributed by atoms with Gasteiger partial charge >= 0.3 is 6.09 Å². The van der Waals surface area contributed by atoms with E-state index in [9.17, 15) is 14.0 Å². The number of carbonyl (C=O) groups is 2. The summed E-state index contributed by atoms with van der Waals surface area (Å²) < 4.78 is 19.0. The summed E-state index contributed by atoms with van der Waals surface area (Å²) in [5.74, 6) is -0.683. The van der Waals surface area contributed by atoms with Gasteiger partial charge in [-0.05, 0) is 52.7 Å². The predicted molar refractivity (Wildman–Crippen MR) is 90.7 cm³/mol. The van der Waals surface area contributed by atoms with Gasteiger partial charge in [0.25, 0.3) is 0 Å². The average molecular weight is 337 g/mol. The van der Waals surface area contributed by atoms with E-state index >= 15 is 0 Å². The van der Waals surface area contributed by atoms with Gasteiger partial charge in [-0.1, -0.05) is 0 Å². The molecule has 1 unspecified atom stereocenters. The molecule has 1 aromatic carbocycles. The summed E-state index contributed by atoms with van der Waals surface area (Å²) in [5.41, 5.74) is 1.06. The first-order chi connectivity index (χ1) is 11.2. The van der Waals surface area contributed by atoms with Gasteiger partial charge < -0.3 is 20.7 Å². The van der Waals surface area contributed by atoms with Crippen molar-refractivity contribution >= 4 is 23.4 Å². The van der Waals surface area contributed by atoms with E-state index in [1.807, 2.05) is 0 Å². The van der Waals surface area contributed by atoms with E-state index in [1.54, 1.807) is 27.7 Å². The minimum absolute atomic E-state index is 0.282. The van der Waals surface area contributed by atoms with Crippen molar-refractivity contribution < 1.29 is 18.7 Å². The number of nitrogens with one attached hydrogen (secondary N) is 3. The lowest BCUT2D eigenvalue weighted by atomic mass is 10.0. The molecule has 0 fully saturated rings. The molecular weight excluding hydrogens is 313 g/mol. The highest BCUT2D eigenvalue weighted by Gasteiger charge is 2.23. The molecule has 3 N–H and O–H groups in total. The van der Waals surface area contributed by atoms with Gasteiger partial charge in [0, 0.05) is 12.1 Å². The van der Waals surface area contributed by atoms with E-state index < -0.39 is 23.6 Å². The van der Waals surface area contributed by atoms with Crippen molar-refractivity contribution in [1.29, 1.82) is 0 Å². The minimum atomic E-state index is -0.788. The zero-order valence-electron chi connectivity index (χ0n) is 14.5. The highest BCUT2D eigenvalue weighted by molar-refractivity contribution is 5.99. The number of hydrogen-bond acceptors (Lipinski definition) is 4. The molecule has 1 aromatic rings. The predicted octanol–water partition coefficient (Wildman–Crippen LogP) is 3.04. The van der Waals surface area contributed by atoms with Crippen LogP contribution < -0.4 is 16.0 Å². The van der Waals surface area contributed by atoms with Crippen LogP contribution in [0.25, 0.3) is 0 Å². The highest BCUT2D eigenvalue weighted by Crippen LogP contribution is 2.32. The topological polar surface area (TPSA) is 79.5 Å². The second-order valence-electron chi connectivity index (χ2n) is 6.84. The van der Waals surface area contributed by atoms with Gasteiger partial charge in [-0.25, -0.2) is 9.18 Å². The standard InChI is InChI=1S/C17H24FN3O3/c1-10(20-16(23)24-17(2,3)4)15(22)21-13-8-7-12(18)11-6-5-9-19-14(11)13/h7-8,10,19H,5-6,9H2,1-4H3,(H,20,23)(H,21,22). The number of benzene rings is 1. The summed E-state index contributed by atoms with van der Waals surface area (Å²) in [5, 5.41) is 8.33. The summed E-state index contributed by atoms with van der Waals surface area (Å²) in [6, 6.07) is 2.07. The Hall–Kier alpha value is -2.31. The molecule has 0 bridgehead atoms. The Kier molecular flexibility index (Phi) is 5.31. The summed E-state index contributed by atoms with van der Waals surface area (Å²) in [4.78, 5) is 24.0. The first-order valence-corrected chi connectivity index (χ1v) is 8.03. The molecule has 1 atom stereocenters. The zero-order valence-corrected chi connectivity index (χ0v) is 14.5. The molecule has 0 saturated heterocycles. The zero-order chi connectivity index (χ0) is 17.9. The van der Waals surface area contributed by atoms with E-state index in [1.165, 1.54) is 12.1 Å². The fraction of sp³-hybridized carbons (Fsp3) is 0.529. The average Bonchev–Trinajstić information content (AvgIpc) is 2.48. The largest absolute Gasteiger partial charge is 0.444 e. The van der Waals surface area contributed by atoms with Gasteiger partial charge in [0.1, 0.15) is 17.5 Å². The van der Waals surface area contributed by atoms with E-state index in [-0.39, 0.29) is 5.82 Å². The highest BCUT2D eigenvalue weighted by atomic mass is 19.1. The van der Waals surface area contributed by atoms with Crippen molar-refractivity contribution in [3.05, 3.63) is 23.5 Å². The third-order valence-corrected chi connectivity index (χ3v) is 3.55. The molecule has 0 saturated carbocycles. The van der Waals surface area contributed by atoms with E-state index in [4.69, 9.17) is 4.74 Å². The molecule has 132 valence electrons. The third-order valence-electron chi connectivity index (χ3n) is 3.55. The smallest absolute Gasteiger partial charge is 0.408 e. The number of carbonyl (C=O) groups excluding carboxylic acids is 2. The second-order valence-corrected chi connectivity index (χ2v) is 6.84. The number of halogens is 1. The van der Waals surface area contributed by atoms with E-state index in [0.29, 0.717) is 23.4 Å². The minimum Gasteiger partial charge on any atom is -0.444 e. The Bertz CT molecular complexity index is 641.